The summed E-state index contributed by atoms with van der Waals surface area (Å²) in [5.41, 5.74) is 1.24. The van der Waals surface area contributed by atoms with Gasteiger partial charge in [-0.15, -0.1) is 0 Å². The zero-order chi connectivity index (χ0) is 21.7. The van der Waals surface area contributed by atoms with E-state index in [1.54, 1.807) is 56.6 Å². The van der Waals surface area contributed by atoms with Crippen LogP contribution in [0.25, 0.3) is 6.08 Å². The zero-order valence-corrected chi connectivity index (χ0v) is 18.3. The van der Waals surface area contributed by atoms with Crippen molar-refractivity contribution in [2.75, 3.05) is 19.4 Å². The van der Waals surface area contributed by atoms with Crippen LogP contribution in [0.4, 0.5) is 10.5 Å². The smallest absolute Gasteiger partial charge is 0.286 e. The molecule has 0 spiro atoms. The Balaban J connectivity index is 1.63. The van der Waals surface area contributed by atoms with Gasteiger partial charge in [-0.3, -0.25) is 9.59 Å². The molecule has 1 saturated carbocycles. The molecule has 0 aromatic heterocycles. The molecule has 2 aromatic rings. The Morgan fingerprint density at radius 2 is 1.73 bits per heavy atom. The van der Waals surface area contributed by atoms with Crippen molar-refractivity contribution in [1.29, 1.82) is 0 Å². The van der Waals surface area contributed by atoms with Crippen LogP contribution in [0, 0.1) is 0 Å². The van der Waals surface area contributed by atoms with Crippen LogP contribution in [0.2, 0.25) is 0 Å². The second kappa shape index (κ2) is 9.46. The lowest BCUT2D eigenvalue weighted by molar-refractivity contribution is -0.111. The summed E-state index contributed by atoms with van der Waals surface area (Å²) in [4.78, 5) is 26.6. The highest BCUT2D eigenvalue weighted by Gasteiger charge is 2.27. The summed E-state index contributed by atoms with van der Waals surface area (Å²) in [6, 6.07) is 13.4. The van der Waals surface area contributed by atoms with E-state index in [2.05, 4.69) is 10.0 Å². The molecular weight excluding hydrogens is 422 g/mol. The number of carbonyl (C=O) groups excluding carboxylic acids is 2. The van der Waals surface area contributed by atoms with Crippen LogP contribution in [-0.4, -0.2) is 44.6 Å². The monoisotopic (exact) mass is 445 g/mol. The Hall–Kier alpha value is -2.62. The lowest BCUT2D eigenvalue weighted by atomic mass is 10.2. The molecule has 0 unspecified atom stereocenters. The van der Waals surface area contributed by atoms with E-state index in [0.717, 1.165) is 24.6 Å². The number of thioether (sulfide) groups is 1. The number of hydrogen-bond donors (Lipinski definition) is 2. The van der Waals surface area contributed by atoms with E-state index < -0.39 is 10.0 Å². The highest BCUT2D eigenvalue weighted by Crippen LogP contribution is 2.28. The number of hydrogen-bond acceptors (Lipinski definition) is 5. The number of para-hydroxylation sites is 1. The average molecular weight is 446 g/mol. The van der Waals surface area contributed by atoms with Crippen LogP contribution in [0.1, 0.15) is 18.4 Å². The number of benzene rings is 2. The molecular formula is C21H23N3O4S2. The molecule has 1 aliphatic rings. The second-order valence-electron chi connectivity index (χ2n) is 7.05. The minimum Gasteiger partial charge on any atom is -0.339 e. The van der Waals surface area contributed by atoms with Crippen molar-refractivity contribution in [2.24, 2.45) is 0 Å². The van der Waals surface area contributed by atoms with Crippen molar-refractivity contribution in [1.82, 2.24) is 9.62 Å². The quantitative estimate of drug-likeness (QED) is 0.502. The minimum absolute atomic E-state index is 0.0485. The average Bonchev–Trinajstić information content (AvgIpc) is 3.51. The predicted octanol–water partition coefficient (Wildman–Crippen LogP) is 3.55. The van der Waals surface area contributed by atoms with Gasteiger partial charge in [-0.05, 0) is 60.5 Å². The van der Waals surface area contributed by atoms with Gasteiger partial charge in [0.25, 0.3) is 5.24 Å². The number of amides is 2. The fraction of sp³-hybridized carbons (Fsp3) is 0.238. The Bertz CT molecular complexity index is 1060. The minimum atomic E-state index is -3.49. The molecule has 9 heteroatoms. The maximum Gasteiger partial charge on any atom is 0.286 e. The van der Waals surface area contributed by atoms with Crippen molar-refractivity contribution in [3.8, 4) is 0 Å². The number of anilines is 1. The van der Waals surface area contributed by atoms with Gasteiger partial charge in [0.05, 0.1) is 10.6 Å². The SMILES string of the molecule is CN(C)C(=O)Sc1ccccc1NC(=O)/C=C/c1ccc(S(=O)(=O)NC2CC2)cc1. The van der Waals surface area contributed by atoms with Crippen molar-refractivity contribution >= 4 is 44.7 Å². The molecule has 3 rings (SSSR count). The van der Waals surface area contributed by atoms with Gasteiger partial charge in [0.2, 0.25) is 15.9 Å². The number of sulfonamides is 1. The number of nitrogens with zero attached hydrogens (tertiary/aromatic N) is 1. The van der Waals surface area contributed by atoms with Crippen LogP contribution < -0.4 is 10.0 Å². The third kappa shape index (κ3) is 6.19. The Labute approximate surface area is 180 Å². The zero-order valence-electron chi connectivity index (χ0n) is 16.7. The van der Waals surface area contributed by atoms with Crippen molar-refractivity contribution in [2.45, 2.75) is 28.7 Å². The topological polar surface area (TPSA) is 95.6 Å². The molecule has 30 heavy (non-hydrogen) atoms. The van der Waals surface area contributed by atoms with Crippen molar-refractivity contribution < 1.29 is 18.0 Å². The van der Waals surface area contributed by atoms with Crippen LogP contribution in [0.15, 0.2) is 64.4 Å². The van der Waals surface area contributed by atoms with Crippen LogP contribution >= 0.6 is 11.8 Å². The molecule has 0 saturated heterocycles. The van der Waals surface area contributed by atoms with Crippen molar-refractivity contribution in [3.63, 3.8) is 0 Å². The molecule has 1 aliphatic carbocycles. The molecule has 2 amide bonds. The molecule has 0 bridgehead atoms. The summed E-state index contributed by atoms with van der Waals surface area (Å²) < 4.78 is 27.0. The lowest BCUT2D eigenvalue weighted by Crippen LogP contribution is -2.25. The summed E-state index contributed by atoms with van der Waals surface area (Å²) in [6.45, 7) is 0. The fourth-order valence-electron chi connectivity index (χ4n) is 2.44. The highest BCUT2D eigenvalue weighted by atomic mass is 32.2. The van der Waals surface area contributed by atoms with Crippen LogP contribution in [-0.2, 0) is 14.8 Å². The van der Waals surface area contributed by atoms with E-state index in [1.807, 2.05) is 0 Å². The van der Waals surface area contributed by atoms with Gasteiger partial charge < -0.3 is 10.2 Å². The van der Waals surface area contributed by atoms with E-state index >= 15 is 0 Å². The van der Waals surface area contributed by atoms with Gasteiger partial charge in [-0.25, -0.2) is 13.1 Å². The lowest BCUT2D eigenvalue weighted by Gasteiger charge is -2.12. The van der Waals surface area contributed by atoms with Gasteiger partial charge in [-0.2, -0.15) is 0 Å². The van der Waals surface area contributed by atoms with E-state index in [0.29, 0.717) is 16.1 Å². The number of carbonyl (C=O) groups is 2. The second-order valence-corrected chi connectivity index (χ2v) is 9.75. The Morgan fingerprint density at radius 3 is 2.37 bits per heavy atom. The number of rotatable bonds is 7. The van der Waals surface area contributed by atoms with E-state index in [4.69, 9.17) is 0 Å². The first kappa shape index (κ1) is 22.1. The van der Waals surface area contributed by atoms with Crippen molar-refractivity contribution in [3.05, 3.63) is 60.2 Å². The Morgan fingerprint density at radius 1 is 1.07 bits per heavy atom. The Kier molecular flexibility index (Phi) is 6.96. The van der Waals surface area contributed by atoms with Gasteiger partial charge in [0.1, 0.15) is 0 Å². The third-order valence-electron chi connectivity index (χ3n) is 4.22. The first-order valence-electron chi connectivity index (χ1n) is 9.34. The molecule has 0 heterocycles. The first-order valence-corrected chi connectivity index (χ1v) is 11.6. The fourth-order valence-corrected chi connectivity index (χ4v) is 4.49. The normalized spacial score (nSPS) is 13.9. The standard InChI is InChI=1S/C21H23N3O4S2/c1-24(2)21(26)29-19-6-4-3-5-18(19)22-20(25)14-9-15-7-12-17(13-8-15)30(27,28)23-16-10-11-16/h3-9,12-14,16,23H,10-11H2,1-2H3,(H,22,25)/b14-9+. The third-order valence-corrected chi connectivity index (χ3v) is 6.88. The molecule has 2 N–H and O–H groups in total. The van der Waals surface area contributed by atoms with Gasteiger partial charge in [0.15, 0.2) is 0 Å². The maximum absolute atomic E-state index is 12.3. The molecule has 7 nitrogen and oxygen atoms in total. The molecule has 2 aromatic carbocycles. The number of nitrogens with one attached hydrogen (secondary N) is 2. The molecule has 158 valence electrons. The summed E-state index contributed by atoms with van der Waals surface area (Å²) in [7, 11) is -0.164. The first-order chi connectivity index (χ1) is 14.2. The highest BCUT2D eigenvalue weighted by molar-refractivity contribution is 8.13. The van der Waals surface area contributed by atoms with E-state index in [-0.39, 0.29) is 22.1 Å². The largest absolute Gasteiger partial charge is 0.339 e. The van der Waals surface area contributed by atoms with Crippen LogP contribution in [0.3, 0.4) is 0 Å². The van der Waals surface area contributed by atoms with Gasteiger partial charge in [0, 0.05) is 31.1 Å². The van der Waals surface area contributed by atoms with Gasteiger partial charge in [-0.1, -0.05) is 24.3 Å². The molecule has 0 radical (unpaired) electrons. The maximum atomic E-state index is 12.3. The summed E-state index contributed by atoms with van der Waals surface area (Å²) in [5, 5.41) is 2.63. The summed E-state index contributed by atoms with van der Waals surface area (Å²) in [6.07, 6.45) is 4.71. The molecule has 0 aliphatic heterocycles. The summed E-state index contributed by atoms with van der Waals surface area (Å²) >= 11 is 1.03. The van der Waals surface area contributed by atoms with E-state index in [1.165, 1.54) is 23.1 Å². The van der Waals surface area contributed by atoms with E-state index in [9.17, 15) is 18.0 Å². The van der Waals surface area contributed by atoms with Gasteiger partial charge >= 0.3 is 0 Å². The molecule has 0 atom stereocenters. The molecule has 1 fully saturated rings. The predicted molar refractivity (Wildman–Crippen MR) is 119 cm³/mol. The summed E-state index contributed by atoms with van der Waals surface area (Å²) in [5.74, 6) is -0.354. The van der Waals surface area contributed by atoms with Crippen LogP contribution in [0.5, 0.6) is 0 Å².